The molecule has 9 heteroatoms. The smallest absolute Gasteiger partial charge is 0.337 e. The molecule has 2 unspecified atom stereocenters. The number of carboxylic acids is 2. The molecule has 2 atom stereocenters. The Balaban J connectivity index is 2.24. The number of esters is 1. The number of hydrogen-bond donors (Lipinski definition) is 3. The van der Waals surface area contributed by atoms with Crippen molar-refractivity contribution in [1.82, 2.24) is 5.32 Å². The van der Waals surface area contributed by atoms with Gasteiger partial charge in [-0.25, -0.2) is 4.79 Å². The van der Waals surface area contributed by atoms with Gasteiger partial charge in [0.1, 0.15) is 12.6 Å². The summed E-state index contributed by atoms with van der Waals surface area (Å²) in [4.78, 5) is 49.6. The van der Waals surface area contributed by atoms with E-state index in [2.05, 4.69) is 5.32 Å². The van der Waals surface area contributed by atoms with Gasteiger partial charge in [0.25, 0.3) is 0 Å². The second-order valence-electron chi connectivity index (χ2n) is 7.36. The maximum atomic E-state index is 13.2. The number of carbonyl (C=O) groups excluding carboxylic acids is 2. The summed E-state index contributed by atoms with van der Waals surface area (Å²) in [7, 11) is 0. The fraction of sp³-hybridized carbons (Fsp3) is 0.333. The number of ether oxygens (including phenoxy) is 1. The fourth-order valence-electron chi connectivity index (χ4n) is 3.38. The minimum Gasteiger partial charge on any atom is -0.480 e. The van der Waals surface area contributed by atoms with Crippen LogP contribution >= 0.6 is 0 Å². The van der Waals surface area contributed by atoms with E-state index in [1.807, 2.05) is 30.3 Å². The van der Waals surface area contributed by atoms with Crippen molar-refractivity contribution in [3.63, 3.8) is 0 Å². The van der Waals surface area contributed by atoms with Crippen LogP contribution in [0.15, 0.2) is 54.6 Å². The number of aliphatic carboxylic acids is 1. The van der Waals surface area contributed by atoms with E-state index in [1.165, 1.54) is 31.2 Å². The molecule has 0 saturated carbocycles. The van der Waals surface area contributed by atoms with Gasteiger partial charge in [-0.3, -0.25) is 24.6 Å². The Morgan fingerprint density at radius 1 is 1.00 bits per heavy atom. The molecule has 2 aromatic carbocycles. The number of hydrogen-bond acceptors (Lipinski definition) is 6. The van der Waals surface area contributed by atoms with Crippen LogP contribution in [0.4, 0.5) is 5.69 Å². The minimum absolute atomic E-state index is 0.0389. The lowest BCUT2D eigenvalue weighted by atomic mass is 10.0. The molecule has 0 spiro atoms. The van der Waals surface area contributed by atoms with Crippen molar-refractivity contribution in [2.75, 3.05) is 18.1 Å². The zero-order valence-electron chi connectivity index (χ0n) is 18.6. The van der Waals surface area contributed by atoms with Crippen LogP contribution in [0.5, 0.6) is 0 Å². The lowest BCUT2D eigenvalue weighted by Crippen LogP contribution is -2.52. The molecule has 176 valence electrons. The number of aryl methyl sites for hydroxylation is 1. The third-order valence-electron chi connectivity index (χ3n) is 4.94. The zero-order valence-corrected chi connectivity index (χ0v) is 18.6. The van der Waals surface area contributed by atoms with E-state index >= 15 is 0 Å². The molecule has 0 aliphatic carbocycles. The number of aromatic carboxylic acids is 1. The summed E-state index contributed by atoms with van der Waals surface area (Å²) in [5.74, 6) is -3.80. The van der Waals surface area contributed by atoms with Gasteiger partial charge in [0, 0.05) is 0 Å². The molecule has 2 rings (SSSR count). The Morgan fingerprint density at radius 2 is 1.64 bits per heavy atom. The summed E-state index contributed by atoms with van der Waals surface area (Å²) in [5, 5.41) is 21.7. The molecule has 33 heavy (non-hydrogen) atoms. The molecule has 2 aromatic rings. The summed E-state index contributed by atoms with van der Waals surface area (Å²) in [6, 6.07) is 13.4. The second kappa shape index (κ2) is 12.4. The standard InChI is InChI=1S/C24H28N2O7/c1-3-33-24(32)19(14-13-17-9-5-4-6-10-17)25-16(2)22(29)26(15-21(27)28)20-12-8-7-11-18(20)23(30)31/h4-12,16,19,25H,3,13-15H2,1-2H3,(H,27,28)(H,30,31). The van der Waals surface area contributed by atoms with E-state index in [-0.39, 0.29) is 17.9 Å². The first kappa shape index (κ1) is 25.5. The van der Waals surface area contributed by atoms with E-state index in [0.29, 0.717) is 12.8 Å². The quantitative estimate of drug-likeness (QED) is 0.415. The molecule has 0 fully saturated rings. The highest BCUT2D eigenvalue weighted by molar-refractivity contribution is 6.05. The Morgan fingerprint density at radius 3 is 2.24 bits per heavy atom. The Labute approximate surface area is 192 Å². The van der Waals surface area contributed by atoms with E-state index < -0.39 is 42.4 Å². The molecular weight excluding hydrogens is 428 g/mol. The average molecular weight is 456 g/mol. The predicted octanol–water partition coefficient (Wildman–Crippen LogP) is 2.34. The molecular formula is C24H28N2O7. The van der Waals surface area contributed by atoms with Gasteiger partial charge in [-0.15, -0.1) is 0 Å². The minimum atomic E-state index is -1.30. The molecule has 0 bridgehead atoms. The lowest BCUT2D eigenvalue weighted by molar-refractivity contribution is -0.146. The lowest BCUT2D eigenvalue weighted by Gasteiger charge is -2.28. The van der Waals surface area contributed by atoms with Gasteiger partial charge >= 0.3 is 17.9 Å². The number of amides is 1. The number of para-hydroxylation sites is 1. The molecule has 0 aliphatic heterocycles. The van der Waals surface area contributed by atoms with Crippen molar-refractivity contribution in [2.24, 2.45) is 0 Å². The molecule has 0 aromatic heterocycles. The Bertz CT molecular complexity index is 978. The van der Waals surface area contributed by atoms with Crippen molar-refractivity contribution in [2.45, 2.75) is 38.8 Å². The number of carboxylic acid groups (broad SMARTS) is 2. The number of nitrogens with zero attached hydrogens (tertiary/aromatic N) is 1. The Hall–Kier alpha value is -3.72. The Kier molecular flexibility index (Phi) is 9.56. The summed E-state index contributed by atoms with van der Waals surface area (Å²) in [5.41, 5.74) is 0.767. The summed E-state index contributed by atoms with van der Waals surface area (Å²) < 4.78 is 5.14. The van der Waals surface area contributed by atoms with Gasteiger partial charge < -0.3 is 14.9 Å². The maximum absolute atomic E-state index is 13.2. The van der Waals surface area contributed by atoms with Crippen LogP contribution in [-0.4, -0.2) is 59.3 Å². The largest absolute Gasteiger partial charge is 0.480 e. The van der Waals surface area contributed by atoms with Gasteiger partial charge in [0.2, 0.25) is 5.91 Å². The number of nitrogens with one attached hydrogen (secondary N) is 1. The highest BCUT2D eigenvalue weighted by Crippen LogP contribution is 2.21. The third kappa shape index (κ3) is 7.43. The van der Waals surface area contributed by atoms with Crippen LogP contribution in [0.1, 0.15) is 36.2 Å². The fourth-order valence-corrected chi connectivity index (χ4v) is 3.38. The van der Waals surface area contributed by atoms with Crippen molar-refractivity contribution in [1.29, 1.82) is 0 Å². The van der Waals surface area contributed by atoms with Gasteiger partial charge in [-0.1, -0.05) is 42.5 Å². The van der Waals surface area contributed by atoms with Crippen LogP contribution in [0.3, 0.4) is 0 Å². The van der Waals surface area contributed by atoms with E-state index in [4.69, 9.17) is 4.74 Å². The summed E-state index contributed by atoms with van der Waals surface area (Å²) >= 11 is 0. The SMILES string of the molecule is CCOC(=O)C(CCc1ccccc1)NC(C)C(=O)N(CC(=O)O)c1ccccc1C(=O)O. The zero-order chi connectivity index (χ0) is 24.4. The number of benzene rings is 2. The van der Waals surface area contributed by atoms with Crippen molar-refractivity contribution >= 4 is 29.5 Å². The number of anilines is 1. The van der Waals surface area contributed by atoms with E-state index in [9.17, 15) is 29.4 Å². The van der Waals surface area contributed by atoms with E-state index in [0.717, 1.165) is 10.5 Å². The molecule has 3 N–H and O–H groups in total. The highest BCUT2D eigenvalue weighted by atomic mass is 16.5. The molecule has 0 radical (unpaired) electrons. The maximum Gasteiger partial charge on any atom is 0.337 e. The highest BCUT2D eigenvalue weighted by Gasteiger charge is 2.30. The van der Waals surface area contributed by atoms with Crippen molar-refractivity contribution in [3.05, 3.63) is 65.7 Å². The summed E-state index contributed by atoms with van der Waals surface area (Å²) in [6.07, 6.45) is 0.907. The van der Waals surface area contributed by atoms with Gasteiger partial charge in [-0.05, 0) is 44.4 Å². The van der Waals surface area contributed by atoms with Crippen LogP contribution in [0.25, 0.3) is 0 Å². The van der Waals surface area contributed by atoms with Gasteiger partial charge in [-0.2, -0.15) is 0 Å². The number of carbonyl (C=O) groups is 4. The first-order valence-corrected chi connectivity index (χ1v) is 10.6. The van der Waals surface area contributed by atoms with Crippen LogP contribution in [0.2, 0.25) is 0 Å². The molecule has 9 nitrogen and oxygen atoms in total. The average Bonchev–Trinajstić information content (AvgIpc) is 2.80. The van der Waals surface area contributed by atoms with Crippen LogP contribution in [-0.2, 0) is 25.5 Å². The van der Waals surface area contributed by atoms with Crippen molar-refractivity contribution in [3.8, 4) is 0 Å². The molecule has 1 amide bonds. The molecule has 0 saturated heterocycles. The molecule has 0 aliphatic rings. The first-order valence-electron chi connectivity index (χ1n) is 10.6. The van der Waals surface area contributed by atoms with Crippen molar-refractivity contribution < 1.29 is 34.1 Å². The number of rotatable bonds is 12. The van der Waals surface area contributed by atoms with E-state index in [1.54, 1.807) is 6.92 Å². The van der Waals surface area contributed by atoms with Gasteiger partial charge in [0.05, 0.1) is 23.9 Å². The second-order valence-corrected chi connectivity index (χ2v) is 7.36. The normalized spacial score (nSPS) is 12.4. The van der Waals surface area contributed by atoms with Gasteiger partial charge in [0.15, 0.2) is 0 Å². The van der Waals surface area contributed by atoms with Crippen LogP contribution < -0.4 is 10.2 Å². The summed E-state index contributed by atoms with van der Waals surface area (Å²) in [6.45, 7) is 2.61. The predicted molar refractivity (Wildman–Crippen MR) is 121 cm³/mol. The first-order chi connectivity index (χ1) is 15.7. The molecule has 0 heterocycles. The monoisotopic (exact) mass is 456 g/mol. The van der Waals surface area contributed by atoms with Crippen LogP contribution in [0, 0.1) is 0 Å². The topological polar surface area (TPSA) is 133 Å². The third-order valence-corrected chi connectivity index (χ3v) is 4.94.